The number of carbonyl (C=O) groups excluding carboxylic acids is 1. The first kappa shape index (κ1) is 17.6. The van der Waals surface area contributed by atoms with Crippen molar-refractivity contribution in [2.24, 2.45) is 0 Å². The molecule has 0 N–H and O–H groups in total. The Labute approximate surface area is 155 Å². The van der Waals surface area contributed by atoms with Crippen LogP contribution in [0.5, 0.6) is 0 Å². The van der Waals surface area contributed by atoms with E-state index >= 15 is 0 Å². The highest BCUT2D eigenvalue weighted by Gasteiger charge is 2.23. The van der Waals surface area contributed by atoms with Crippen molar-refractivity contribution < 1.29 is 9.53 Å². The molecule has 5 nitrogen and oxygen atoms in total. The Morgan fingerprint density at radius 1 is 1.32 bits per heavy atom. The molecule has 0 aliphatic rings. The van der Waals surface area contributed by atoms with E-state index in [-0.39, 0.29) is 11.3 Å². The molecule has 1 aromatic carbocycles. The summed E-state index contributed by atoms with van der Waals surface area (Å²) in [6.07, 6.45) is 0. The molecular weight excluding hydrogens is 358 g/mol. The van der Waals surface area contributed by atoms with Crippen LogP contribution >= 0.6 is 22.9 Å². The first-order valence-electron chi connectivity index (χ1n) is 7.85. The van der Waals surface area contributed by atoms with E-state index in [1.807, 2.05) is 39.0 Å². The maximum Gasteiger partial charge on any atom is 0.348 e. The summed E-state index contributed by atoms with van der Waals surface area (Å²) in [6, 6.07) is 8.17. The van der Waals surface area contributed by atoms with Gasteiger partial charge in [0.2, 0.25) is 5.28 Å². The Bertz CT molecular complexity index is 955. The molecule has 0 aliphatic heterocycles. The third-order valence-corrected chi connectivity index (χ3v) is 5.33. The van der Waals surface area contributed by atoms with Gasteiger partial charge in [-0.05, 0) is 55.6 Å². The Morgan fingerprint density at radius 2 is 2.08 bits per heavy atom. The first-order chi connectivity index (χ1) is 12.0. The predicted octanol–water partition coefficient (Wildman–Crippen LogP) is 4.91. The zero-order chi connectivity index (χ0) is 18.1. The molecule has 0 radical (unpaired) electrons. The Morgan fingerprint density at radius 3 is 2.72 bits per heavy atom. The molecule has 3 rings (SSSR count). The standard InChI is InChI=1S/C18H18ClN3O2S/c1-5-22(12-8-6-7-10(2)9-12)15-13-11(3)14(17(23)24-4)25-16(13)21-18(19)20-15/h6-9H,5H2,1-4H3. The van der Waals surface area contributed by atoms with Crippen molar-refractivity contribution in [2.75, 3.05) is 18.6 Å². The van der Waals surface area contributed by atoms with Gasteiger partial charge in [-0.15, -0.1) is 11.3 Å². The number of methoxy groups -OCH3 is 1. The number of ether oxygens (including phenoxy) is 1. The van der Waals surface area contributed by atoms with Crippen molar-refractivity contribution in [3.05, 3.63) is 45.6 Å². The van der Waals surface area contributed by atoms with E-state index in [4.69, 9.17) is 16.3 Å². The van der Waals surface area contributed by atoms with Crippen LogP contribution in [-0.4, -0.2) is 29.6 Å². The average Bonchev–Trinajstić information content (AvgIpc) is 2.91. The number of benzene rings is 1. The van der Waals surface area contributed by atoms with Crippen LogP contribution < -0.4 is 4.90 Å². The molecule has 2 aromatic heterocycles. The van der Waals surface area contributed by atoms with E-state index < -0.39 is 0 Å². The predicted molar refractivity (Wildman–Crippen MR) is 102 cm³/mol. The molecular formula is C18H18ClN3O2S. The number of nitrogens with zero attached hydrogens (tertiary/aromatic N) is 3. The molecule has 0 spiro atoms. The number of esters is 1. The summed E-state index contributed by atoms with van der Waals surface area (Å²) in [5.41, 5.74) is 2.98. The lowest BCUT2D eigenvalue weighted by Crippen LogP contribution is -2.18. The maximum atomic E-state index is 12.0. The smallest absolute Gasteiger partial charge is 0.348 e. The highest BCUT2D eigenvalue weighted by Crippen LogP contribution is 2.38. The third-order valence-electron chi connectivity index (χ3n) is 4.00. The van der Waals surface area contributed by atoms with Crippen molar-refractivity contribution in [3.8, 4) is 0 Å². The summed E-state index contributed by atoms with van der Waals surface area (Å²) in [4.78, 5) is 24.1. The second kappa shape index (κ2) is 6.98. The van der Waals surface area contributed by atoms with Crippen LogP contribution in [0.4, 0.5) is 11.5 Å². The van der Waals surface area contributed by atoms with Gasteiger partial charge in [-0.2, -0.15) is 4.98 Å². The van der Waals surface area contributed by atoms with Gasteiger partial charge in [0.25, 0.3) is 0 Å². The van der Waals surface area contributed by atoms with Crippen LogP contribution in [0, 0.1) is 13.8 Å². The molecule has 25 heavy (non-hydrogen) atoms. The minimum absolute atomic E-state index is 0.159. The summed E-state index contributed by atoms with van der Waals surface area (Å²) < 4.78 is 4.88. The number of halogens is 1. The van der Waals surface area contributed by atoms with Gasteiger partial charge < -0.3 is 9.64 Å². The molecule has 0 fully saturated rings. The van der Waals surface area contributed by atoms with Crippen LogP contribution in [0.15, 0.2) is 24.3 Å². The van der Waals surface area contributed by atoms with Gasteiger partial charge in [0, 0.05) is 12.2 Å². The van der Waals surface area contributed by atoms with E-state index in [1.54, 1.807) is 0 Å². The molecule has 0 saturated heterocycles. The third kappa shape index (κ3) is 3.19. The topological polar surface area (TPSA) is 55.3 Å². The average molecular weight is 376 g/mol. The van der Waals surface area contributed by atoms with Crippen LogP contribution in [0.25, 0.3) is 10.2 Å². The summed E-state index contributed by atoms with van der Waals surface area (Å²) in [5.74, 6) is 0.327. The lowest BCUT2D eigenvalue weighted by Gasteiger charge is -2.23. The minimum atomic E-state index is -0.374. The number of fused-ring (bicyclic) bond motifs is 1. The number of rotatable bonds is 4. The quantitative estimate of drug-likeness (QED) is 0.479. The van der Waals surface area contributed by atoms with Gasteiger partial charge in [-0.3, -0.25) is 0 Å². The molecule has 0 amide bonds. The van der Waals surface area contributed by atoms with E-state index in [0.717, 1.165) is 22.2 Å². The monoisotopic (exact) mass is 375 g/mol. The van der Waals surface area contributed by atoms with Gasteiger partial charge in [-0.25, -0.2) is 9.78 Å². The largest absolute Gasteiger partial charge is 0.465 e. The van der Waals surface area contributed by atoms with E-state index in [2.05, 4.69) is 20.9 Å². The zero-order valence-electron chi connectivity index (χ0n) is 14.5. The highest BCUT2D eigenvalue weighted by atomic mass is 35.5. The minimum Gasteiger partial charge on any atom is -0.465 e. The summed E-state index contributed by atoms with van der Waals surface area (Å²) in [7, 11) is 1.37. The number of thiophene rings is 1. The molecule has 0 bridgehead atoms. The molecule has 3 aromatic rings. The Hall–Kier alpha value is -2.18. The van der Waals surface area contributed by atoms with Gasteiger partial charge in [-0.1, -0.05) is 12.1 Å². The maximum absolute atomic E-state index is 12.0. The van der Waals surface area contributed by atoms with Crippen molar-refractivity contribution in [1.29, 1.82) is 0 Å². The summed E-state index contributed by atoms with van der Waals surface area (Å²) >= 11 is 7.43. The fraction of sp³-hybridized carbons (Fsp3) is 0.278. The Kier molecular flexibility index (Phi) is 4.92. The molecule has 0 atom stereocenters. The highest BCUT2D eigenvalue weighted by molar-refractivity contribution is 7.20. The fourth-order valence-electron chi connectivity index (χ4n) is 2.83. The number of hydrogen-bond acceptors (Lipinski definition) is 6. The van der Waals surface area contributed by atoms with Gasteiger partial charge >= 0.3 is 5.97 Å². The van der Waals surface area contributed by atoms with E-state index in [1.165, 1.54) is 18.4 Å². The van der Waals surface area contributed by atoms with Crippen LogP contribution in [-0.2, 0) is 4.74 Å². The lowest BCUT2D eigenvalue weighted by atomic mass is 10.1. The number of carbonyl (C=O) groups is 1. The van der Waals surface area contributed by atoms with Crippen LogP contribution in [0.1, 0.15) is 27.7 Å². The number of aryl methyl sites for hydroxylation is 2. The van der Waals surface area contributed by atoms with Crippen molar-refractivity contribution >= 4 is 50.6 Å². The van der Waals surface area contributed by atoms with Crippen molar-refractivity contribution in [1.82, 2.24) is 9.97 Å². The van der Waals surface area contributed by atoms with Gasteiger partial charge in [0.1, 0.15) is 15.5 Å². The van der Waals surface area contributed by atoms with Gasteiger partial charge in [0.15, 0.2) is 0 Å². The summed E-state index contributed by atoms with van der Waals surface area (Å²) in [6.45, 7) is 6.68. The number of hydrogen-bond donors (Lipinski definition) is 0. The lowest BCUT2D eigenvalue weighted by molar-refractivity contribution is 0.0605. The van der Waals surface area contributed by atoms with E-state index in [0.29, 0.717) is 22.1 Å². The van der Waals surface area contributed by atoms with Crippen molar-refractivity contribution in [3.63, 3.8) is 0 Å². The zero-order valence-corrected chi connectivity index (χ0v) is 16.0. The molecule has 7 heteroatoms. The van der Waals surface area contributed by atoms with Gasteiger partial charge in [0.05, 0.1) is 12.5 Å². The van der Waals surface area contributed by atoms with Crippen LogP contribution in [0.3, 0.4) is 0 Å². The normalized spacial score (nSPS) is 10.9. The SMILES string of the molecule is CCN(c1cccc(C)c1)c1nc(Cl)nc2sc(C(=O)OC)c(C)c12. The van der Waals surface area contributed by atoms with E-state index in [9.17, 15) is 4.79 Å². The fourth-order valence-corrected chi connectivity index (χ4v) is 4.13. The number of aromatic nitrogens is 2. The van der Waals surface area contributed by atoms with Crippen molar-refractivity contribution in [2.45, 2.75) is 20.8 Å². The summed E-state index contributed by atoms with van der Waals surface area (Å²) in [5, 5.41) is 0.990. The molecule has 0 saturated carbocycles. The molecule has 130 valence electrons. The molecule has 0 unspecified atom stereocenters. The Balaban J connectivity index is 2.27. The molecule has 2 heterocycles. The number of anilines is 2. The second-order valence-electron chi connectivity index (χ2n) is 5.63. The second-order valence-corrected chi connectivity index (χ2v) is 6.96. The van der Waals surface area contributed by atoms with Crippen LogP contribution in [0.2, 0.25) is 5.28 Å². The molecule has 0 aliphatic carbocycles. The first-order valence-corrected chi connectivity index (χ1v) is 9.04.